The molecular weight excluding hydrogens is 302 g/mol. The van der Waals surface area contributed by atoms with Crippen LogP contribution in [0, 0.1) is 5.92 Å². The van der Waals surface area contributed by atoms with Crippen LogP contribution in [-0.2, 0) is 24.2 Å². The van der Waals surface area contributed by atoms with Crippen molar-refractivity contribution in [2.75, 3.05) is 13.1 Å². The van der Waals surface area contributed by atoms with E-state index in [-0.39, 0.29) is 17.9 Å². The van der Waals surface area contributed by atoms with Gasteiger partial charge in [-0.2, -0.15) is 0 Å². The number of hydrogen-bond acceptors (Lipinski definition) is 3. The van der Waals surface area contributed by atoms with Gasteiger partial charge in [-0.15, -0.1) is 0 Å². The Hall–Kier alpha value is -1.88. The first-order valence-electron chi connectivity index (χ1n) is 9.01. The van der Waals surface area contributed by atoms with E-state index in [9.17, 15) is 9.59 Å². The predicted octanol–water partition coefficient (Wildman–Crippen LogP) is 1.99. The summed E-state index contributed by atoms with van der Waals surface area (Å²) in [5.74, 6) is -0.0241. The Bertz CT molecular complexity index is 687. The Kier molecular flexibility index (Phi) is 3.83. The lowest BCUT2D eigenvalue weighted by molar-refractivity contribution is -0.126. The smallest absolute Gasteiger partial charge is 0.322 e. The summed E-state index contributed by atoms with van der Waals surface area (Å²) in [6, 6.07) is 6.53. The fraction of sp³-hybridized carbons (Fsp3) is 0.579. The van der Waals surface area contributed by atoms with Gasteiger partial charge in [0.2, 0.25) is 0 Å². The molecule has 2 fully saturated rings. The molecule has 0 spiro atoms. The Balaban J connectivity index is 1.45. The van der Waals surface area contributed by atoms with Gasteiger partial charge in [-0.25, -0.2) is 4.79 Å². The third-order valence-corrected chi connectivity index (χ3v) is 5.96. The molecule has 2 N–H and O–H groups in total. The van der Waals surface area contributed by atoms with Crippen molar-refractivity contribution < 1.29 is 9.59 Å². The summed E-state index contributed by atoms with van der Waals surface area (Å²) >= 11 is 0. The zero-order valence-corrected chi connectivity index (χ0v) is 14.2. The Labute approximate surface area is 142 Å². The van der Waals surface area contributed by atoms with Gasteiger partial charge in [-0.05, 0) is 62.3 Å². The van der Waals surface area contributed by atoms with Crippen molar-refractivity contribution in [3.05, 3.63) is 34.9 Å². The van der Waals surface area contributed by atoms with Gasteiger partial charge in [0, 0.05) is 19.0 Å². The number of piperidine rings is 1. The molecule has 3 aliphatic rings. The van der Waals surface area contributed by atoms with Crippen LogP contribution in [0.1, 0.15) is 42.9 Å². The van der Waals surface area contributed by atoms with Crippen molar-refractivity contribution in [1.29, 1.82) is 0 Å². The molecule has 1 aliphatic carbocycles. The maximum absolute atomic E-state index is 12.2. The maximum Gasteiger partial charge on any atom is 0.322 e. The number of carbonyl (C=O) groups is 2. The fourth-order valence-corrected chi connectivity index (χ4v) is 4.50. The molecule has 4 rings (SSSR count). The number of hydrogen-bond donors (Lipinski definition) is 2. The lowest BCUT2D eigenvalue weighted by Gasteiger charge is -2.39. The van der Waals surface area contributed by atoms with Crippen LogP contribution in [0.4, 0.5) is 4.79 Å². The number of carbonyl (C=O) groups excluding carboxylic acids is 2. The number of likely N-dealkylation sites (tertiary alicyclic amines) is 1. The van der Waals surface area contributed by atoms with E-state index in [0.717, 1.165) is 32.5 Å². The summed E-state index contributed by atoms with van der Waals surface area (Å²) in [7, 11) is 0. The minimum Gasteiger partial charge on any atom is -0.323 e. The molecule has 2 heterocycles. The lowest BCUT2D eigenvalue weighted by atomic mass is 9.80. The molecule has 0 radical (unpaired) electrons. The van der Waals surface area contributed by atoms with E-state index >= 15 is 0 Å². The summed E-state index contributed by atoms with van der Waals surface area (Å²) in [6.07, 6.45) is 5.74. The molecule has 1 aromatic rings. The van der Waals surface area contributed by atoms with E-state index in [1.54, 1.807) is 0 Å². The van der Waals surface area contributed by atoms with Gasteiger partial charge in [0.05, 0.1) is 0 Å². The highest BCUT2D eigenvalue weighted by Gasteiger charge is 2.48. The molecule has 2 atom stereocenters. The quantitative estimate of drug-likeness (QED) is 0.835. The van der Waals surface area contributed by atoms with Crippen molar-refractivity contribution >= 4 is 11.9 Å². The minimum atomic E-state index is -0.770. The second kappa shape index (κ2) is 5.88. The van der Waals surface area contributed by atoms with Crippen LogP contribution < -0.4 is 10.6 Å². The van der Waals surface area contributed by atoms with E-state index in [4.69, 9.17) is 0 Å². The highest BCUT2D eigenvalue weighted by Crippen LogP contribution is 2.31. The highest BCUT2D eigenvalue weighted by atomic mass is 16.2. The molecule has 0 aromatic heterocycles. The zero-order valence-electron chi connectivity index (χ0n) is 14.2. The topological polar surface area (TPSA) is 61.4 Å². The molecule has 5 heteroatoms. The first-order valence-corrected chi connectivity index (χ1v) is 9.01. The third-order valence-electron chi connectivity index (χ3n) is 5.96. The van der Waals surface area contributed by atoms with Crippen LogP contribution in [-0.4, -0.2) is 35.5 Å². The molecule has 24 heavy (non-hydrogen) atoms. The van der Waals surface area contributed by atoms with Crippen molar-refractivity contribution in [3.63, 3.8) is 0 Å². The monoisotopic (exact) mass is 327 g/mol. The van der Waals surface area contributed by atoms with E-state index in [1.807, 2.05) is 6.92 Å². The molecule has 128 valence electrons. The summed E-state index contributed by atoms with van der Waals surface area (Å²) < 4.78 is 0. The Morgan fingerprint density at radius 1 is 1.21 bits per heavy atom. The molecule has 3 amide bonds. The second-order valence-electron chi connectivity index (χ2n) is 7.64. The summed E-state index contributed by atoms with van der Waals surface area (Å²) in [5.41, 5.74) is 3.61. The number of nitrogens with one attached hydrogen (secondary N) is 2. The van der Waals surface area contributed by atoms with Crippen molar-refractivity contribution in [2.45, 2.75) is 51.1 Å². The number of rotatable bonds is 3. The molecule has 2 aliphatic heterocycles. The SMILES string of the molecule is C[C@@]1([C@H]2CCCN(Cc3ccc4c(c3)CCC4)C2)NC(=O)NC1=O. The van der Waals surface area contributed by atoms with E-state index in [0.29, 0.717) is 0 Å². The summed E-state index contributed by atoms with van der Waals surface area (Å²) in [6.45, 7) is 4.69. The number of amides is 3. The number of fused-ring (bicyclic) bond motifs is 1. The van der Waals surface area contributed by atoms with Crippen LogP contribution in [0.5, 0.6) is 0 Å². The normalized spacial score (nSPS) is 30.1. The summed E-state index contributed by atoms with van der Waals surface area (Å²) in [4.78, 5) is 26.1. The average Bonchev–Trinajstić information content (AvgIpc) is 3.12. The first-order chi connectivity index (χ1) is 11.5. The van der Waals surface area contributed by atoms with Gasteiger partial charge in [-0.1, -0.05) is 18.2 Å². The zero-order chi connectivity index (χ0) is 16.7. The van der Waals surface area contributed by atoms with Gasteiger partial charge >= 0.3 is 6.03 Å². The van der Waals surface area contributed by atoms with Crippen molar-refractivity contribution in [3.8, 4) is 0 Å². The van der Waals surface area contributed by atoms with Crippen molar-refractivity contribution in [1.82, 2.24) is 15.5 Å². The van der Waals surface area contributed by atoms with Gasteiger partial charge in [0.1, 0.15) is 5.54 Å². The number of benzene rings is 1. The van der Waals surface area contributed by atoms with Gasteiger partial charge in [0.15, 0.2) is 0 Å². The van der Waals surface area contributed by atoms with E-state index in [1.165, 1.54) is 36.0 Å². The van der Waals surface area contributed by atoms with Crippen LogP contribution in [0.2, 0.25) is 0 Å². The lowest BCUT2D eigenvalue weighted by Crippen LogP contribution is -2.55. The molecule has 0 saturated carbocycles. The van der Waals surface area contributed by atoms with E-state index < -0.39 is 5.54 Å². The highest BCUT2D eigenvalue weighted by molar-refractivity contribution is 6.07. The van der Waals surface area contributed by atoms with Gasteiger partial charge in [0.25, 0.3) is 5.91 Å². The summed E-state index contributed by atoms with van der Waals surface area (Å²) in [5, 5.41) is 5.23. The van der Waals surface area contributed by atoms with Crippen LogP contribution in [0.3, 0.4) is 0 Å². The maximum atomic E-state index is 12.2. The first kappa shape index (κ1) is 15.6. The third kappa shape index (κ3) is 2.71. The van der Waals surface area contributed by atoms with Gasteiger partial charge < -0.3 is 5.32 Å². The Morgan fingerprint density at radius 3 is 2.83 bits per heavy atom. The largest absolute Gasteiger partial charge is 0.323 e. The molecule has 0 bridgehead atoms. The molecule has 2 saturated heterocycles. The van der Waals surface area contributed by atoms with Crippen molar-refractivity contribution in [2.24, 2.45) is 5.92 Å². The van der Waals surface area contributed by atoms with E-state index in [2.05, 4.69) is 33.7 Å². The number of nitrogens with zero attached hydrogens (tertiary/aromatic N) is 1. The standard InChI is InChI=1S/C19H25N3O2/c1-19(17(23)20-18(24)21-19)16-6-3-9-22(12-16)11-13-7-8-14-4-2-5-15(14)10-13/h7-8,10,16H,2-6,9,11-12H2,1H3,(H2,20,21,23,24)/t16-,19-/m0/s1. The molecule has 0 unspecified atom stereocenters. The molecular formula is C19H25N3O2. The van der Waals surface area contributed by atoms with Gasteiger partial charge in [-0.3, -0.25) is 15.0 Å². The molecule has 5 nitrogen and oxygen atoms in total. The number of aryl methyl sites for hydroxylation is 2. The molecule has 1 aromatic carbocycles. The minimum absolute atomic E-state index is 0.159. The predicted molar refractivity (Wildman–Crippen MR) is 91.5 cm³/mol. The second-order valence-corrected chi connectivity index (χ2v) is 7.64. The number of urea groups is 1. The van der Waals surface area contributed by atoms with Crippen LogP contribution in [0.15, 0.2) is 18.2 Å². The number of imide groups is 1. The Morgan fingerprint density at radius 2 is 2.04 bits per heavy atom. The average molecular weight is 327 g/mol. The van der Waals surface area contributed by atoms with Crippen LogP contribution in [0.25, 0.3) is 0 Å². The fourth-order valence-electron chi connectivity index (χ4n) is 4.50. The van der Waals surface area contributed by atoms with Crippen LogP contribution >= 0.6 is 0 Å².